The Kier molecular flexibility index (Phi) is 31.1. The van der Waals surface area contributed by atoms with Crippen molar-refractivity contribution < 1.29 is 24.2 Å². The van der Waals surface area contributed by atoms with Gasteiger partial charge >= 0.3 is 11.9 Å². The second-order valence-corrected chi connectivity index (χ2v) is 12.6. The lowest BCUT2D eigenvalue weighted by Crippen LogP contribution is -2.40. The molecule has 0 heterocycles. The van der Waals surface area contributed by atoms with E-state index in [1.807, 2.05) is 0 Å². The molecule has 0 bridgehead atoms. The van der Waals surface area contributed by atoms with E-state index in [2.05, 4.69) is 31.3 Å². The summed E-state index contributed by atoms with van der Waals surface area (Å²) in [5, 5.41) is 11.9. The number of hydrogen-bond acceptors (Lipinski definition) is 5. The summed E-state index contributed by atoms with van der Waals surface area (Å²) in [6, 6.07) is -0.866. The molecule has 0 rings (SSSR count). The van der Waals surface area contributed by atoms with Crippen LogP contribution in [0.1, 0.15) is 187 Å². The van der Waals surface area contributed by atoms with E-state index in [-0.39, 0.29) is 18.0 Å². The second-order valence-electron chi connectivity index (χ2n) is 12.6. The normalized spacial score (nSPS) is 12.8. The number of carbonyl (C=O) groups excluding carboxylic acids is 2. The fraction of sp³-hybridized carbons (Fsp3) is 0.865. The number of unbranched alkanes of at least 4 members (excludes halogenated alkanes) is 19. The van der Waals surface area contributed by atoms with Crippen LogP contribution in [0.5, 0.6) is 0 Å². The number of carboxylic acids is 1. The molecular formula is C37H70N2O5. The van der Waals surface area contributed by atoms with Crippen LogP contribution in [0, 0.1) is 0 Å². The van der Waals surface area contributed by atoms with Crippen molar-refractivity contribution in [3.63, 3.8) is 0 Å². The molecule has 44 heavy (non-hydrogen) atoms. The predicted molar refractivity (Wildman–Crippen MR) is 184 cm³/mol. The third kappa shape index (κ3) is 28.9. The van der Waals surface area contributed by atoms with E-state index in [9.17, 15) is 19.5 Å². The van der Waals surface area contributed by atoms with Crippen molar-refractivity contribution in [1.29, 1.82) is 0 Å². The second kappa shape index (κ2) is 32.5. The molecule has 0 aliphatic rings. The molecule has 4 N–H and O–H groups in total. The summed E-state index contributed by atoms with van der Waals surface area (Å²) in [6.45, 7) is 4.90. The van der Waals surface area contributed by atoms with E-state index in [0.717, 1.165) is 44.9 Å². The number of nitrogens with one attached hydrogen (secondary N) is 1. The van der Waals surface area contributed by atoms with Crippen LogP contribution in [0.2, 0.25) is 0 Å². The van der Waals surface area contributed by atoms with Gasteiger partial charge in [0.2, 0.25) is 5.91 Å². The van der Waals surface area contributed by atoms with Crippen molar-refractivity contribution in [2.75, 3.05) is 6.54 Å². The van der Waals surface area contributed by atoms with Gasteiger partial charge in [0.25, 0.3) is 0 Å². The molecule has 0 fully saturated rings. The monoisotopic (exact) mass is 623 g/mol. The van der Waals surface area contributed by atoms with Gasteiger partial charge in [-0.05, 0) is 64.0 Å². The average molecular weight is 623 g/mol. The van der Waals surface area contributed by atoms with Gasteiger partial charge in [-0.3, -0.25) is 9.59 Å². The fourth-order valence-corrected chi connectivity index (χ4v) is 5.48. The maximum absolute atomic E-state index is 12.6. The van der Waals surface area contributed by atoms with Crippen LogP contribution in [0.25, 0.3) is 0 Å². The summed E-state index contributed by atoms with van der Waals surface area (Å²) in [6.07, 6.45) is 32.6. The first-order chi connectivity index (χ1) is 21.4. The molecule has 0 saturated carbocycles. The lowest BCUT2D eigenvalue weighted by atomic mass is 10.0. The molecule has 0 aromatic carbocycles. The van der Waals surface area contributed by atoms with Crippen molar-refractivity contribution in [2.45, 2.75) is 199 Å². The lowest BCUT2D eigenvalue weighted by molar-refractivity contribution is -0.147. The number of nitrogens with two attached hydrogens (primary N) is 1. The predicted octanol–water partition coefficient (Wildman–Crippen LogP) is 9.55. The van der Waals surface area contributed by atoms with Crippen LogP contribution in [0.3, 0.4) is 0 Å². The number of hydrogen-bond donors (Lipinski definition) is 3. The minimum Gasteiger partial charge on any atom is -0.480 e. The summed E-state index contributed by atoms with van der Waals surface area (Å²) in [4.78, 5) is 36.1. The zero-order chi connectivity index (χ0) is 32.5. The van der Waals surface area contributed by atoms with Crippen molar-refractivity contribution >= 4 is 17.8 Å². The standard InChI is InChI=1S/C37H70N2O5/c1-3-5-7-9-11-13-14-15-17-19-25-31-36(41)44-33(27-22-18-16-12-10-8-6-4-2)28-23-20-21-24-30-35(40)39-34(37(42)43)29-26-32-38/h22,27,33-34H,3-21,23-26,28-32,38H2,1-2H3,(H,39,40)(H,42,43)/b27-22-. The summed E-state index contributed by atoms with van der Waals surface area (Å²) in [5.41, 5.74) is 5.46. The highest BCUT2D eigenvalue weighted by atomic mass is 16.5. The summed E-state index contributed by atoms with van der Waals surface area (Å²) < 4.78 is 5.89. The number of esters is 1. The van der Waals surface area contributed by atoms with Crippen molar-refractivity contribution in [1.82, 2.24) is 5.32 Å². The topological polar surface area (TPSA) is 119 Å². The smallest absolute Gasteiger partial charge is 0.326 e. The highest BCUT2D eigenvalue weighted by Crippen LogP contribution is 2.16. The van der Waals surface area contributed by atoms with E-state index >= 15 is 0 Å². The van der Waals surface area contributed by atoms with Gasteiger partial charge in [0.15, 0.2) is 0 Å². The Labute approximate surface area is 270 Å². The highest BCUT2D eigenvalue weighted by Gasteiger charge is 2.19. The Morgan fingerprint density at radius 1 is 0.659 bits per heavy atom. The average Bonchev–Trinajstić information content (AvgIpc) is 3.00. The fourth-order valence-electron chi connectivity index (χ4n) is 5.48. The minimum absolute atomic E-state index is 0.0885. The first kappa shape index (κ1) is 42.1. The quantitative estimate of drug-likeness (QED) is 0.0381. The molecule has 0 aromatic rings. The number of allylic oxidation sites excluding steroid dienone is 1. The zero-order valence-corrected chi connectivity index (χ0v) is 28.8. The molecule has 2 unspecified atom stereocenters. The van der Waals surface area contributed by atoms with Gasteiger partial charge in [0.1, 0.15) is 12.1 Å². The van der Waals surface area contributed by atoms with Crippen LogP contribution in [-0.2, 0) is 19.1 Å². The van der Waals surface area contributed by atoms with Gasteiger partial charge < -0.3 is 20.9 Å². The maximum atomic E-state index is 12.6. The maximum Gasteiger partial charge on any atom is 0.326 e. The van der Waals surface area contributed by atoms with E-state index in [1.54, 1.807) is 0 Å². The Balaban J connectivity index is 4.34. The molecular weight excluding hydrogens is 552 g/mol. The van der Waals surface area contributed by atoms with E-state index in [1.165, 1.54) is 96.3 Å². The number of rotatable bonds is 33. The molecule has 7 heteroatoms. The van der Waals surface area contributed by atoms with Gasteiger partial charge in [-0.2, -0.15) is 0 Å². The van der Waals surface area contributed by atoms with Gasteiger partial charge in [0.05, 0.1) is 0 Å². The zero-order valence-electron chi connectivity index (χ0n) is 28.8. The number of carboxylic acid groups (broad SMARTS) is 1. The van der Waals surface area contributed by atoms with Crippen molar-refractivity contribution in [3.8, 4) is 0 Å². The van der Waals surface area contributed by atoms with Gasteiger partial charge in [-0.1, -0.05) is 129 Å². The molecule has 0 saturated heterocycles. The SMILES string of the molecule is CCCCCCCC/C=C\C(CCCCCCC(=O)NC(CCCN)C(=O)O)OC(=O)CCCCCCCCCCCCC. The molecule has 1 amide bonds. The van der Waals surface area contributed by atoms with Crippen molar-refractivity contribution in [2.24, 2.45) is 5.73 Å². The number of amides is 1. The van der Waals surface area contributed by atoms with Crippen LogP contribution < -0.4 is 11.1 Å². The van der Waals surface area contributed by atoms with Crippen LogP contribution in [-0.4, -0.2) is 41.6 Å². The Morgan fingerprint density at radius 2 is 1.16 bits per heavy atom. The molecule has 7 nitrogen and oxygen atoms in total. The summed E-state index contributed by atoms with van der Waals surface area (Å²) in [7, 11) is 0. The van der Waals surface area contributed by atoms with Crippen LogP contribution in [0.4, 0.5) is 0 Å². The van der Waals surface area contributed by atoms with Crippen molar-refractivity contribution in [3.05, 3.63) is 12.2 Å². The Hall–Kier alpha value is -1.89. The van der Waals surface area contributed by atoms with Gasteiger partial charge in [-0.25, -0.2) is 4.79 Å². The largest absolute Gasteiger partial charge is 0.480 e. The number of ether oxygens (including phenoxy) is 1. The lowest BCUT2D eigenvalue weighted by Gasteiger charge is -2.15. The van der Waals surface area contributed by atoms with Crippen LogP contribution in [0.15, 0.2) is 12.2 Å². The van der Waals surface area contributed by atoms with Crippen LogP contribution >= 0.6 is 0 Å². The van der Waals surface area contributed by atoms with E-state index < -0.39 is 12.0 Å². The number of aliphatic carboxylic acids is 1. The highest BCUT2D eigenvalue weighted by molar-refractivity contribution is 5.83. The molecule has 0 spiro atoms. The minimum atomic E-state index is -1.01. The molecule has 0 radical (unpaired) electrons. The Bertz CT molecular complexity index is 712. The third-order valence-electron chi connectivity index (χ3n) is 8.32. The molecule has 0 aliphatic carbocycles. The number of carbonyl (C=O) groups is 3. The molecule has 0 aromatic heterocycles. The van der Waals surface area contributed by atoms with E-state index in [0.29, 0.717) is 38.6 Å². The molecule has 2 atom stereocenters. The van der Waals surface area contributed by atoms with Gasteiger partial charge in [-0.15, -0.1) is 0 Å². The van der Waals surface area contributed by atoms with E-state index in [4.69, 9.17) is 10.5 Å². The molecule has 258 valence electrons. The first-order valence-corrected chi connectivity index (χ1v) is 18.5. The third-order valence-corrected chi connectivity index (χ3v) is 8.32. The first-order valence-electron chi connectivity index (χ1n) is 18.5. The van der Waals surface area contributed by atoms with Gasteiger partial charge in [0, 0.05) is 12.8 Å². The summed E-state index contributed by atoms with van der Waals surface area (Å²) >= 11 is 0. The summed E-state index contributed by atoms with van der Waals surface area (Å²) in [5.74, 6) is -1.32. The Morgan fingerprint density at radius 3 is 1.70 bits per heavy atom. The molecule has 0 aliphatic heterocycles.